The van der Waals surface area contributed by atoms with Crippen molar-refractivity contribution in [2.45, 2.75) is 93.4 Å². The highest BCUT2D eigenvalue weighted by Gasteiger charge is 1.68. The molecule has 0 aromatic rings. The van der Waals surface area contributed by atoms with Crippen LogP contribution in [0.25, 0.3) is 0 Å². The van der Waals surface area contributed by atoms with Crippen molar-refractivity contribution >= 4 is 0 Å². The quantitative estimate of drug-likeness (QED) is 0.366. The Kier molecular flexibility index (Phi) is 63.7. The Hall–Kier alpha value is -0.700. The summed E-state index contributed by atoms with van der Waals surface area (Å²) < 4.78 is 0. The van der Waals surface area contributed by atoms with E-state index in [-0.39, 0.29) is 0 Å². The van der Waals surface area contributed by atoms with Crippen molar-refractivity contribution in [3.8, 4) is 12.3 Å². The van der Waals surface area contributed by atoms with Crippen LogP contribution >= 0.6 is 0 Å². The third kappa shape index (κ3) is 111. The zero-order chi connectivity index (χ0) is 15.1. The van der Waals surface area contributed by atoms with Crippen molar-refractivity contribution in [2.75, 3.05) is 0 Å². The van der Waals surface area contributed by atoms with Gasteiger partial charge in [0, 0.05) is 0 Å². The van der Waals surface area contributed by atoms with Gasteiger partial charge in [-0.3, -0.25) is 0 Å². The summed E-state index contributed by atoms with van der Waals surface area (Å²) >= 11 is 0. The Labute approximate surface area is 118 Å². The lowest BCUT2D eigenvalue weighted by atomic mass is 10.3. The van der Waals surface area contributed by atoms with Gasteiger partial charge in [-0.15, -0.1) is 12.3 Å². The fraction of sp³-hybridized carbons (Fsp3) is 0.778. The molecule has 0 heterocycles. The highest BCUT2D eigenvalue weighted by molar-refractivity contribution is 4.73. The summed E-state index contributed by atoms with van der Waals surface area (Å²) in [5.74, 6) is 2.25. The first-order valence-electron chi connectivity index (χ1n) is 7.64. The highest BCUT2D eigenvalue weighted by atomic mass is 13.7. The normalized spacial score (nSPS) is 7.89. The Morgan fingerprint density at radius 1 is 0.833 bits per heavy atom. The molecule has 0 radical (unpaired) electrons. The molecule has 0 saturated heterocycles. The van der Waals surface area contributed by atoms with Crippen molar-refractivity contribution in [3.63, 3.8) is 0 Å². The first kappa shape index (κ1) is 26.0. The molecule has 0 heteroatoms. The average molecular weight is 255 g/mol. The molecule has 0 atom stereocenters. The fourth-order valence-electron chi connectivity index (χ4n) is 0.943. The lowest BCUT2D eigenvalue weighted by Gasteiger charge is -1.79. The van der Waals surface area contributed by atoms with E-state index in [1.807, 2.05) is 6.92 Å². The van der Waals surface area contributed by atoms with E-state index in [2.05, 4.69) is 59.1 Å². The molecule has 0 saturated carbocycles. The summed E-state index contributed by atoms with van der Waals surface area (Å²) in [6.45, 7) is 14.7. The minimum atomic E-state index is 1.16. The molecule has 0 aromatic carbocycles. The van der Waals surface area contributed by atoms with Crippen LogP contribution in [0.1, 0.15) is 93.4 Å². The van der Waals surface area contributed by atoms with Gasteiger partial charge in [-0.2, -0.15) is 0 Å². The smallest absolute Gasteiger partial charge is 0.00297 e. The molecule has 0 amide bonds. The van der Waals surface area contributed by atoms with E-state index >= 15 is 0 Å². The van der Waals surface area contributed by atoms with Gasteiger partial charge in [0.2, 0.25) is 0 Å². The summed E-state index contributed by atoms with van der Waals surface area (Å²) in [5.41, 5.74) is 0. The van der Waals surface area contributed by atoms with Crippen LogP contribution in [0.4, 0.5) is 0 Å². The van der Waals surface area contributed by atoms with Crippen LogP contribution in [-0.4, -0.2) is 0 Å². The molecule has 0 aliphatic rings. The zero-order valence-electron chi connectivity index (χ0n) is 14.2. The second kappa shape index (κ2) is 44.1. The molecule has 0 aromatic heterocycles. The van der Waals surface area contributed by atoms with E-state index in [0.717, 1.165) is 6.42 Å². The molecule has 18 heavy (non-hydrogen) atoms. The largest absolute Gasteiger partial charge is 0.120 e. The molecule has 0 N–H and O–H groups in total. The number of rotatable bonds is 5. The van der Waals surface area contributed by atoms with Crippen LogP contribution in [0.2, 0.25) is 0 Å². The Morgan fingerprint density at radius 3 is 1.11 bits per heavy atom. The number of hydrogen-bond acceptors (Lipinski definition) is 0. The lowest BCUT2D eigenvalue weighted by Crippen LogP contribution is -1.59. The topological polar surface area (TPSA) is 0 Å². The zero-order valence-corrected chi connectivity index (χ0v) is 14.2. The highest BCUT2D eigenvalue weighted by Crippen LogP contribution is 1.88. The average Bonchev–Trinajstić information content (AvgIpc) is 2.35. The van der Waals surface area contributed by atoms with Gasteiger partial charge >= 0.3 is 0 Å². The van der Waals surface area contributed by atoms with E-state index in [4.69, 9.17) is 0 Å². The van der Waals surface area contributed by atoms with Crippen molar-refractivity contribution in [1.82, 2.24) is 0 Å². The SMILES string of the molecule is C#CC.C/C=C\CC.CCCCC.CCCCC. The Bertz CT molecular complexity index is 127. The van der Waals surface area contributed by atoms with Gasteiger partial charge in [0.05, 0.1) is 0 Å². The van der Waals surface area contributed by atoms with Gasteiger partial charge in [-0.1, -0.05) is 85.3 Å². The van der Waals surface area contributed by atoms with E-state index in [0.29, 0.717) is 0 Å². The second-order valence-electron chi connectivity index (χ2n) is 3.97. The summed E-state index contributed by atoms with van der Waals surface area (Å²) in [6.07, 6.45) is 18.1. The number of unbranched alkanes of at least 4 members (excludes halogenated alkanes) is 4. The van der Waals surface area contributed by atoms with Crippen LogP contribution in [0.15, 0.2) is 12.2 Å². The summed E-state index contributed by atoms with van der Waals surface area (Å²) in [4.78, 5) is 0. The van der Waals surface area contributed by atoms with Crippen LogP contribution in [0.5, 0.6) is 0 Å². The fourth-order valence-corrected chi connectivity index (χ4v) is 0.943. The van der Waals surface area contributed by atoms with Gasteiger partial charge < -0.3 is 0 Å². The monoisotopic (exact) mass is 254 g/mol. The first-order chi connectivity index (χ1) is 8.66. The minimum Gasteiger partial charge on any atom is -0.120 e. The third-order valence-corrected chi connectivity index (χ3v) is 1.89. The van der Waals surface area contributed by atoms with Crippen molar-refractivity contribution in [1.29, 1.82) is 0 Å². The predicted octanol–water partition coefficient (Wildman–Crippen LogP) is 7.01. The third-order valence-electron chi connectivity index (χ3n) is 1.89. The lowest BCUT2D eigenvalue weighted by molar-refractivity contribution is 0.772. The minimum absolute atomic E-state index is 1.16. The second-order valence-corrected chi connectivity index (χ2v) is 3.97. The Morgan fingerprint density at radius 2 is 1.11 bits per heavy atom. The number of terminal acetylenes is 1. The maximum Gasteiger partial charge on any atom is -0.00297 e. The molecule has 0 aliphatic carbocycles. The van der Waals surface area contributed by atoms with Gasteiger partial charge in [0.15, 0.2) is 0 Å². The number of hydrogen-bond donors (Lipinski definition) is 0. The summed E-state index contributed by atoms with van der Waals surface area (Å²) in [6, 6.07) is 0. The molecule has 0 bridgehead atoms. The van der Waals surface area contributed by atoms with Crippen molar-refractivity contribution < 1.29 is 0 Å². The standard InChI is InChI=1S/2C5H12.C5H10.C3H4/c3*1-3-5-4-2;1-3-2/h2*3-5H2,1-2H3;3,5H,4H2,1-2H3;1H,2H3/b;;5-3-;. The van der Waals surface area contributed by atoms with Gasteiger partial charge in [0.25, 0.3) is 0 Å². The molecule has 0 spiro atoms. The number of allylic oxidation sites excluding steroid dienone is 2. The van der Waals surface area contributed by atoms with Gasteiger partial charge in [-0.05, 0) is 20.3 Å². The van der Waals surface area contributed by atoms with Gasteiger partial charge in [0.1, 0.15) is 0 Å². The first-order valence-corrected chi connectivity index (χ1v) is 7.64. The van der Waals surface area contributed by atoms with Crippen LogP contribution < -0.4 is 0 Å². The molecular formula is C18H38. The molecule has 0 unspecified atom stereocenters. The summed E-state index contributed by atoms with van der Waals surface area (Å²) in [7, 11) is 0. The van der Waals surface area contributed by atoms with Crippen LogP contribution in [-0.2, 0) is 0 Å². The maximum absolute atomic E-state index is 4.60. The predicted molar refractivity (Wildman–Crippen MR) is 90.0 cm³/mol. The van der Waals surface area contributed by atoms with Gasteiger partial charge in [-0.25, -0.2) is 0 Å². The van der Waals surface area contributed by atoms with E-state index in [1.165, 1.54) is 38.5 Å². The molecule has 0 fully saturated rings. The molecular weight excluding hydrogens is 216 g/mol. The Balaban J connectivity index is -0.0000000739. The van der Waals surface area contributed by atoms with E-state index in [1.54, 1.807) is 6.92 Å². The van der Waals surface area contributed by atoms with Crippen LogP contribution in [0, 0.1) is 12.3 Å². The molecule has 0 nitrogen and oxygen atoms in total. The van der Waals surface area contributed by atoms with Crippen LogP contribution in [0.3, 0.4) is 0 Å². The van der Waals surface area contributed by atoms with E-state index < -0.39 is 0 Å². The van der Waals surface area contributed by atoms with E-state index in [9.17, 15) is 0 Å². The van der Waals surface area contributed by atoms with Crippen molar-refractivity contribution in [3.05, 3.63) is 12.2 Å². The molecule has 0 rings (SSSR count). The summed E-state index contributed by atoms with van der Waals surface area (Å²) in [5, 5.41) is 0. The molecule has 110 valence electrons. The molecule has 0 aliphatic heterocycles. The maximum atomic E-state index is 4.60. The van der Waals surface area contributed by atoms with Crippen molar-refractivity contribution in [2.24, 2.45) is 0 Å².